The van der Waals surface area contributed by atoms with Gasteiger partial charge in [0.2, 0.25) is 0 Å². The van der Waals surface area contributed by atoms with E-state index in [1.54, 1.807) is 0 Å². The Morgan fingerprint density at radius 2 is 1.89 bits per heavy atom. The molecule has 1 heterocycles. The van der Waals surface area contributed by atoms with Gasteiger partial charge < -0.3 is 10.4 Å². The summed E-state index contributed by atoms with van der Waals surface area (Å²) in [6.45, 7) is 0. The fraction of sp³-hybridized carbons (Fsp3) is 0. The summed E-state index contributed by atoms with van der Waals surface area (Å²) in [6.07, 6.45) is 0. The van der Waals surface area contributed by atoms with Gasteiger partial charge in [0.15, 0.2) is 0 Å². The van der Waals surface area contributed by atoms with E-state index < -0.39 is 29.1 Å². The number of carbonyl (C=O) groups is 2. The maximum absolute atomic E-state index is 13.3. The normalized spacial score (nSPS) is 10.2. The Kier molecular flexibility index (Phi) is 3.57. The Labute approximate surface area is 110 Å². The van der Waals surface area contributed by atoms with Crippen molar-refractivity contribution in [1.82, 2.24) is 0 Å². The van der Waals surface area contributed by atoms with Crippen molar-refractivity contribution in [2.24, 2.45) is 0 Å². The van der Waals surface area contributed by atoms with Crippen LogP contribution in [0.5, 0.6) is 0 Å². The highest BCUT2D eigenvalue weighted by Gasteiger charge is 2.15. The van der Waals surface area contributed by atoms with Crippen molar-refractivity contribution < 1.29 is 23.5 Å². The summed E-state index contributed by atoms with van der Waals surface area (Å²) in [5.74, 6) is -3.55. The van der Waals surface area contributed by atoms with Crippen molar-refractivity contribution in [3.63, 3.8) is 0 Å². The van der Waals surface area contributed by atoms with Crippen LogP contribution in [-0.4, -0.2) is 17.0 Å². The monoisotopic (exact) mass is 283 g/mol. The summed E-state index contributed by atoms with van der Waals surface area (Å²) >= 11 is 0.826. The van der Waals surface area contributed by atoms with Gasteiger partial charge in [-0.3, -0.25) is 4.79 Å². The van der Waals surface area contributed by atoms with Gasteiger partial charge in [0.05, 0.1) is 10.6 Å². The van der Waals surface area contributed by atoms with E-state index in [9.17, 15) is 18.4 Å². The number of carboxylic acid groups (broad SMARTS) is 1. The first-order valence-electron chi connectivity index (χ1n) is 5.07. The lowest BCUT2D eigenvalue weighted by Crippen LogP contribution is -2.13. The second-order valence-corrected chi connectivity index (χ2v) is 4.63. The molecule has 4 nitrogen and oxygen atoms in total. The number of benzene rings is 1. The van der Waals surface area contributed by atoms with Gasteiger partial charge in [0.1, 0.15) is 16.5 Å². The number of thiophene rings is 1. The summed E-state index contributed by atoms with van der Waals surface area (Å²) in [4.78, 5) is 22.4. The number of aromatic carboxylic acids is 1. The molecule has 0 saturated heterocycles. The molecule has 0 aliphatic heterocycles. The van der Waals surface area contributed by atoms with Crippen LogP contribution >= 0.6 is 11.3 Å². The third kappa shape index (κ3) is 2.94. The van der Waals surface area contributed by atoms with Crippen LogP contribution < -0.4 is 5.32 Å². The molecule has 0 fully saturated rings. The van der Waals surface area contributed by atoms with Crippen molar-refractivity contribution in [2.75, 3.05) is 5.32 Å². The molecular formula is C12H7F2NO3S. The summed E-state index contributed by atoms with van der Waals surface area (Å²) in [7, 11) is 0. The molecule has 0 unspecified atom stereocenters. The van der Waals surface area contributed by atoms with Crippen LogP contribution in [0.15, 0.2) is 30.3 Å². The Morgan fingerprint density at radius 3 is 2.53 bits per heavy atom. The predicted molar refractivity (Wildman–Crippen MR) is 65.6 cm³/mol. The van der Waals surface area contributed by atoms with E-state index in [-0.39, 0.29) is 9.88 Å². The van der Waals surface area contributed by atoms with Crippen LogP contribution in [-0.2, 0) is 0 Å². The standard InChI is InChI=1S/C12H7F2NO3S/c13-6-1-2-8(14)7(5-6)11(16)15-10-4-3-9(19-10)12(17)18/h1-5H,(H,15,16)(H,17,18). The van der Waals surface area contributed by atoms with Gasteiger partial charge in [-0.25, -0.2) is 13.6 Å². The number of amides is 1. The van der Waals surface area contributed by atoms with Crippen LogP contribution in [0.2, 0.25) is 0 Å². The number of rotatable bonds is 3. The van der Waals surface area contributed by atoms with Gasteiger partial charge in [0, 0.05) is 0 Å². The number of halogens is 2. The predicted octanol–water partition coefficient (Wildman–Crippen LogP) is 2.98. The van der Waals surface area contributed by atoms with Crippen LogP contribution in [0.1, 0.15) is 20.0 Å². The fourth-order valence-electron chi connectivity index (χ4n) is 1.37. The Hall–Kier alpha value is -2.28. The molecule has 1 amide bonds. The largest absolute Gasteiger partial charge is 0.477 e. The third-order valence-corrected chi connectivity index (χ3v) is 3.22. The Balaban J connectivity index is 2.20. The van der Waals surface area contributed by atoms with Gasteiger partial charge in [0.25, 0.3) is 5.91 Å². The lowest BCUT2D eigenvalue weighted by Gasteiger charge is -2.03. The number of anilines is 1. The highest BCUT2D eigenvalue weighted by Crippen LogP contribution is 2.23. The minimum absolute atomic E-state index is 0.0371. The van der Waals surface area contributed by atoms with E-state index >= 15 is 0 Å². The van der Waals surface area contributed by atoms with Crippen molar-refractivity contribution in [3.8, 4) is 0 Å². The van der Waals surface area contributed by atoms with Gasteiger partial charge in [-0.2, -0.15) is 0 Å². The lowest BCUT2D eigenvalue weighted by atomic mass is 10.2. The smallest absolute Gasteiger partial charge is 0.345 e. The summed E-state index contributed by atoms with van der Waals surface area (Å²) in [5, 5.41) is 11.3. The van der Waals surface area contributed by atoms with E-state index in [1.165, 1.54) is 12.1 Å². The van der Waals surface area contributed by atoms with Crippen molar-refractivity contribution in [2.45, 2.75) is 0 Å². The van der Waals surface area contributed by atoms with Gasteiger partial charge in [-0.05, 0) is 30.3 Å². The number of hydrogen-bond acceptors (Lipinski definition) is 3. The van der Waals surface area contributed by atoms with E-state index in [0.29, 0.717) is 0 Å². The molecule has 1 aromatic heterocycles. The first-order chi connectivity index (χ1) is 8.97. The zero-order valence-electron chi connectivity index (χ0n) is 9.31. The molecule has 0 bridgehead atoms. The minimum Gasteiger partial charge on any atom is -0.477 e. The zero-order valence-corrected chi connectivity index (χ0v) is 10.1. The lowest BCUT2D eigenvalue weighted by molar-refractivity contribution is 0.0702. The highest BCUT2D eigenvalue weighted by molar-refractivity contribution is 7.18. The van der Waals surface area contributed by atoms with E-state index in [0.717, 1.165) is 29.5 Å². The zero-order chi connectivity index (χ0) is 14.0. The molecule has 0 aliphatic carbocycles. The van der Waals surface area contributed by atoms with Crippen LogP contribution in [0.3, 0.4) is 0 Å². The van der Waals surface area contributed by atoms with E-state index in [1.807, 2.05) is 0 Å². The molecule has 1 aromatic carbocycles. The second kappa shape index (κ2) is 5.15. The summed E-state index contributed by atoms with van der Waals surface area (Å²) in [6, 6.07) is 5.21. The topological polar surface area (TPSA) is 66.4 Å². The van der Waals surface area contributed by atoms with Gasteiger partial charge >= 0.3 is 5.97 Å². The quantitative estimate of drug-likeness (QED) is 0.910. The molecule has 0 spiro atoms. The van der Waals surface area contributed by atoms with E-state index in [2.05, 4.69) is 5.32 Å². The molecule has 0 atom stereocenters. The van der Waals surface area contributed by atoms with Crippen molar-refractivity contribution in [1.29, 1.82) is 0 Å². The fourth-order valence-corrected chi connectivity index (χ4v) is 2.11. The maximum Gasteiger partial charge on any atom is 0.345 e. The third-order valence-electron chi connectivity index (χ3n) is 2.23. The van der Waals surface area contributed by atoms with Crippen LogP contribution in [0, 0.1) is 11.6 Å². The van der Waals surface area contributed by atoms with Gasteiger partial charge in [-0.1, -0.05) is 0 Å². The number of carbonyl (C=O) groups excluding carboxylic acids is 1. The number of nitrogens with one attached hydrogen (secondary N) is 1. The summed E-state index contributed by atoms with van der Waals surface area (Å²) < 4.78 is 26.3. The molecule has 0 aliphatic rings. The van der Waals surface area contributed by atoms with Crippen molar-refractivity contribution in [3.05, 3.63) is 52.4 Å². The molecule has 98 valence electrons. The average molecular weight is 283 g/mol. The number of hydrogen-bond donors (Lipinski definition) is 2. The molecule has 2 N–H and O–H groups in total. The SMILES string of the molecule is O=C(O)c1ccc(NC(=O)c2cc(F)ccc2F)s1. The highest BCUT2D eigenvalue weighted by atomic mass is 32.1. The molecule has 7 heteroatoms. The first kappa shape index (κ1) is 13.2. The summed E-state index contributed by atoms with van der Waals surface area (Å²) in [5.41, 5.74) is -0.440. The molecule has 0 saturated carbocycles. The number of carboxylic acids is 1. The molecule has 2 rings (SSSR count). The van der Waals surface area contributed by atoms with Gasteiger partial charge in [-0.15, -0.1) is 11.3 Å². The average Bonchev–Trinajstić information content (AvgIpc) is 2.80. The Morgan fingerprint density at radius 1 is 1.16 bits per heavy atom. The first-order valence-corrected chi connectivity index (χ1v) is 5.88. The Bertz CT molecular complexity index is 654. The molecular weight excluding hydrogens is 276 g/mol. The van der Waals surface area contributed by atoms with Crippen LogP contribution in [0.25, 0.3) is 0 Å². The molecule has 19 heavy (non-hydrogen) atoms. The molecule has 2 aromatic rings. The van der Waals surface area contributed by atoms with Crippen LogP contribution in [0.4, 0.5) is 13.8 Å². The molecule has 0 radical (unpaired) electrons. The van der Waals surface area contributed by atoms with Crippen molar-refractivity contribution >= 4 is 28.2 Å². The minimum atomic E-state index is -1.12. The van der Waals surface area contributed by atoms with E-state index in [4.69, 9.17) is 5.11 Å². The second-order valence-electron chi connectivity index (χ2n) is 3.55. The maximum atomic E-state index is 13.3.